The summed E-state index contributed by atoms with van der Waals surface area (Å²) in [5.41, 5.74) is 2.71. The number of benzene rings is 1. The number of methoxy groups -OCH3 is 1. The molecule has 2 aromatic rings. The van der Waals surface area contributed by atoms with E-state index in [-0.39, 0.29) is 6.54 Å². The van der Waals surface area contributed by atoms with E-state index in [2.05, 4.69) is 4.98 Å². The molecule has 0 aliphatic rings. The Morgan fingerprint density at radius 2 is 2.28 bits per heavy atom. The normalized spacial score (nSPS) is 10.3. The number of carbonyl (C=O) groups is 1. The van der Waals surface area contributed by atoms with Crippen molar-refractivity contribution in [3.63, 3.8) is 0 Å². The zero-order valence-corrected chi connectivity index (χ0v) is 10.3. The van der Waals surface area contributed by atoms with Gasteiger partial charge in [0.1, 0.15) is 12.3 Å². The van der Waals surface area contributed by atoms with Crippen LogP contribution in [0.25, 0.3) is 11.3 Å². The summed E-state index contributed by atoms with van der Waals surface area (Å²) in [5.74, 6) is -0.0615. The molecule has 1 aromatic carbocycles. The number of carboxylic acids is 1. The van der Waals surface area contributed by atoms with Crippen molar-refractivity contribution in [1.29, 1.82) is 0 Å². The molecule has 0 atom stereocenters. The number of ether oxygens (including phenoxy) is 1. The number of hydrogen-bond donors (Lipinski definition) is 1. The summed E-state index contributed by atoms with van der Waals surface area (Å²) in [6.45, 7) is 1.87. The van der Waals surface area contributed by atoms with E-state index in [4.69, 9.17) is 9.84 Å². The molecule has 0 aliphatic heterocycles. The highest BCUT2D eigenvalue weighted by molar-refractivity contribution is 5.67. The quantitative estimate of drug-likeness (QED) is 0.895. The van der Waals surface area contributed by atoms with Crippen molar-refractivity contribution in [2.75, 3.05) is 7.11 Å². The van der Waals surface area contributed by atoms with Crippen molar-refractivity contribution in [2.45, 2.75) is 13.5 Å². The van der Waals surface area contributed by atoms with Gasteiger partial charge in [0.2, 0.25) is 0 Å². The Kier molecular flexibility index (Phi) is 3.32. The van der Waals surface area contributed by atoms with Crippen LogP contribution in [0, 0.1) is 6.92 Å². The van der Waals surface area contributed by atoms with Crippen LogP contribution in [-0.2, 0) is 11.3 Å². The standard InChI is InChI=1S/C13H14N2O3/c1-9-5-10(3-4-12(9)18-2)11-6-15(8-14-11)7-13(16)17/h3-6,8H,7H2,1-2H3,(H,16,17). The van der Waals surface area contributed by atoms with Gasteiger partial charge in [-0.1, -0.05) is 0 Å². The number of hydrogen-bond acceptors (Lipinski definition) is 3. The molecule has 18 heavy (non-hydrogen) atoms. The molecule has 0 aliphatic carbocycles. The Hall–Kier alpha value is -2.30. The summed E-state index contributed by atoms with van der Waals surface area (Å²) in [6.07, 6.45) is 3.23. The van der Waals surface area contributed by atoms with Crippen LogP contribution in [-0.4, -0.2) is 27.7 Å². The first kappa shape index (κ1) is 12.2. The molecule has 1 N–H and O–H groups in total. The van der Waals surface area contributed by atoms with E-state index in [9.17, 15) is 4.79 Å². The van der Waals surface area contributed by atoms with E-state index < -0.39 is 5.97 Å². The maximum absolute atomic E-state index is 10.6. The third kappa shape index (κ3) is 2.51. The first-order valence-corrected chi connectivity index (χ1v) is 5.48. The highest BCUT2D eigenvalue weighted by Crippen LogP contribution is 2.24. The number of rotatable bonds is 4. The van der Waals surface area contributed by atoms with E-state index in [1.807, 2.05) is 25.1 Å². The van der Waals surface area contributed by atoms with Gasteiger partial charge in [0.05, 0.1) is 19.1 Å². The molecule has 94 valence electrons. The van der Waals surface area contributed by atoms with Crippen molar-refractivity contribution in [2.24, 2.45) is 0 Å². The second kappa shape index (κ2) is 4.91. The topological polar surface area (TPSA) is 64.3 Å². The molecule has 0 unspecified atom stereocenters. The van der Waals surface area contributed by atoms with Gasteiger partial charge in [-0.15, -0.1) is 0 Å². The van der Waals surface area contributed by atoms with Crippen molar-refractivity contribution in [3.05, 3.63) is 36.3 Å². The average molecular weight is 246 g/mol. The highest BCUT2D eigenvalue weighted by Gasteiger charge is 2.06. The summed E-state index contributed by atoms with van der Waals surface area (Å²) in [4.78, 5) is 14.8. The fraction of sp³-hybridized carbons (Fsp3) is 0.231. The van der Waals surface area contributed by atoms with Crippen molar-refractivity contribution in [1.82, 2.24) is 9.55 Å². The minimum atomic E-state index is -0.884. The molecule has 0 spiro atoms. The second-order valence-electron chi connectivity index (χ2n) is 4.01. The molecule has 0 saturated carbocycles. The Morgan fingerprint density at radius 1 is 1.50 bits per heavy atom. The Labute approximate surface area is 105 Å². The van der Waals surface area contributed by atoms with Gasteiger partial charge in [-0.2, -0.15) is 0 Å². The third-order valence-corrected chi connectivity index (χ3v) is 2.64. The summed E-state index contributed by atoms with van der Waals surface area (Å²) in [7, 11) is 1.63. The average Bonchev–Trinajstić information content (AvgIpc) is 2.76. The fourth-order valence-corrected chi connectivity index (χ4v) is 1.79. The van der Waals surface area contributed by atoms with Gasteiger partial charge in [-0.05, 0) is 30.7 Å². The molecule has 0 bridgehead atoms. The zero-order valence-electron chi connectivity index (χ0n) is 10.3. The number of carboxylic acid groups (broad SMARTS) is 1. The van der Waals surface area contributed by atoms with Crippen molar-refractivity contribution in [3.8, 4) is 17.0 Å². The minimum absolute atomic E-state index is 0.0812. The van der Waals surface area contributed by atoms with Crippen LogP contribution in [0.2, 0.25) is 0 Å². The fourth-order valence-electron chi connectivity index (χ4n) is 1.79. The van der Waals surface area contributed by atoms with Crippen LogP contribution in [0.15, 0.2) is 30.7 Å². The number of nitrogens with zero attached hydrogens (tertiary/aromatic N) is 2. The molecule has 2 rings (SSSR count). The molecule has 0 saturated heterocycles. The molecule has 5 nitrogen and oxygen atoms in total. The lowest BCUT2D eigenvalue weighted by molar-refractivity contribution is -0.137. The highest BCUT2D eigenvalue weighted by atomic mass is 16.5. The minimum Gasteiger partial charge on any atom is -0.496 e. The van der Waals surface area contributed by atoms with Gasteiger partial charge in [-0.3, -0.25) is 4.79 Å². The van der Waals surface area contributed by atoms with Gasteiger partial charge in [0.25, 0.3) is 0 Å². The van der Waals surface area contributed by atoms with Crippen LogP contribution in [0.1, 0.15) is 5.56 Å². The summed E-state index contributed by atoms with van der Waals surface area (Å²) in [5, 5.41) is 8.69. The number of imidazole rings is 1. The van der Waals surface area contributed by atoms with E-state index in [0.29, 0.717) is 0 Å². The maximum Gasteiger partial charge on any atom is 0.323 e. The van der Waals surface area contributed by atoms with Gasteiger partial charge >= 0.3 is 5.97 Å². The van der Waals surface area contributed by atoms with Crippen molar-refractivity contribution < 1.29 is 14.6 Å². The van der Waals surface area contributed by atoms with Crippen LogP contribution >= 0.6 is 0 Å². The van der Waals surface area contributed by atoms with Gasteiger partial charge in [0.15, 0.2) is 0 Å². The summed E-state index contributed by atoms with van der Waals surface area (Å²) in [6, 6.07) is 5.74. The Bertz CT molecular complexity index is 575. The lowest BCUT2D eigenvalue weighted by atomic mass is 10.1. The summed E-state index contributed by atoms with van der Waals surface area (Å²) >= 11 is 0. The number of aromatic nitrogens is 2. The first-order valence-electron chi connectivity index (χ1n) is 5.48. The molecule has 1 aromatic heterocycles. The summed E-state index contributed by atoms with van der Waals surface area (Å²) < 4.78 is 6.73. The smallest absolute Gasteiger partial charge is 0.323 e. The maximum atomic E-state index is 10.6. The predicted molar refractivity (Wildman–Crippen MR) is 66.6 cm³/mol. The zero-order chi connectivity index (χ0) is 13.1. The van der Waals surface area contributed by atoms with E-state index in [1.165, 1.54) is 10.9 Å². The molecule has 0 amide bonds. The number of aliphatic carboxylic acids is 1. The largest absolute Gasteiger partial charge is 0.496 e. The molecular formula is C13H14N2O3. The van der Waals surface area contributed by atoms with Gasteiger partial charge in [0, 0.05) is 11.8 Å². The lowest BCUT2D eigenvalue weighted by Gasteiger charge is -2.05. The Morgan fingerprint density at radius 3 is 2.89 bits per heavy atom. The molecule has 5 heteroatoms. The van der Waals surface area contributed by atoms with E-state index >= 15 is 0 Å². The predicted octanol–water partition coefficient (Wildman–Crippen LogP) is 1.95. The third-order valence-electron chi connectivity index (χ3n) is 2.64. The SMILES string of the molecule is COc1ccc(-c2cn(CC(=O)O)cn2)cc1C. The van der Waals surface area contributed by atoms with Crippen molar-refractivity contribution >= 4 is 5.97 Å². The monoisotopic (exact) mass is 246 g/mol. The van der Waals surface area contributed by atoms with Crippen LogP contribution in [0.3, 0.4) is 0 Å². The lowest BCUT2D eigenvalue weighted by Crippen LogP contribution is -2.06. The van der Waals surface area contributed by atoms with Crippen LogP contribution < -0.4 is 4.74 Å². The molecule has 0 radical (unpaired) electrons. The second-order valence-corrected chi connectivity index (χ2v) is 4.01. The van der Waals surface area contributed by atoms with Gasteiger partial charge in [-0.25, -0.2) is 4.98 Å². The van der Waals surface area contributed by atoms with E-state index in [0.717, 1.165) is 22.6 Å². The molecular weight excluding hydrogens is 232 g/mol. The van der Waals surface area contributed by atoms with E-state index in [1.54, 1.807) is 13.3 Å². The first-order chi connectivity index (χ1) is 8.60. The van der Waals surface area contributed by atoms with Crippen LogP contribution in [0.5, 0.6) is 5.75 Å². The van der Waals surface area contributed by atoms with Crippen LogP contribution in [0.4, 0.5) is 0 Å². The molecule has 1 heterocycles. The van der Waals surface area contributed by atoms with Gasteiger partial charge < -0.3 is 14.4 Å². The number of aryl methyl sites for hydroxylation is 1. The Balaban J connectivity index is 2.28. The molecule has 0 fully saturated rings.